The second-order valence-corrected chi connectivity index (χ2v) is 9.53. The zero-order valence-electron chi connectivity index (χ0n) is 21.7. The zero-order valence-corrected chi connectivity index (χ0v) is 21.7. The fourth-order valence-corrected chi connectivity index (χ4v) is 5.06. The molecule has 0 radical (unpaired) electrons. The second-order valence-electron chi connectivity index (χ2n) is 9.53. The van der Waals surface area contributed by atoms with E-state index in [4.69, 9.17) is 9.47 Å². The molecule has 4 rings (SSSR count). The van der Waals surface area contributed by atoms with Crippen molar-refractivity contribution in [2.75, 3.05) is 13.7 Å². The summed E-state index contributed by atoms with van der Waals surface area (Å²) in [6, 6.07) is 16.8. The smallest absolute Gasteiger partial charge is 0.340 e. The Morgan fingerprint density at radius 2 is 1.73 bits per heavy atom. The second kappa shape index (κ2) is 11.9. The fourth-order valence-electron chi connectivity index (χ4n) is 5.06. The van der Waals surface area contributed by atoms with Gasteiger partial charge in [-0.15, -0.1) is 0 Å². The zero-order chi connectivity index (χ0) is 26.4. The van der Waals surface area contributed by atoms with Crippen LogP contribution in [0.4, 0.5) is 0 Å². The molecule has 1 heterocycles. The maximum absolute atomic E-state index is 13.4. The van der Waals surface area contributed by atoms with E-state index in [9.17, 15) is 14.4 Å². The molecule has 7 heteroatoms. The number of rotatable bonds is 8. The van der Waals surface area contributed by atoms with Crippen LogP contribution >= 0.6 is 0 Å². The molecule has 37 heavy (non-hydrogen) atoms. The SMILES string of the molecule is COC(=O)C1=C(C)N(C2CCCCC2)C(=O)/C1=C\c1ccc(OCC(=O)N[C@@H](C)c2ccccc2)cc1. The van der Waals surface area contributed by atoms with E-state index in [1.807, 2.05) is 44.2 Å². The van der Waals surface area contributed by atoms with Gasteiger partial charge in [-0.3, -0.25) is 9.59 Å². The standard InChI is InChI=1S/C30H34N2O5/c1-20(23-10-6-4-7-11-23)31-27(33)19-37-25-16-14-22(15-17-25)18-26-28(30(35)36-3)21(2)32(29(26)34)24-12-8-5-9-13-24/h4,6-7,10-11,14-18,20,24H,5,8-9,12-13,19H2,1-3H3,(H,31,33)/b26-18-/t20-/m0/s1. The molecule has 0 saturated heterocycles. The third kappa shape index (κ3) is 6.10. The average molecular weight is 503 g/mol. The maximum Gasteiger partial charge on any atom is 0.340 e. The van der Waals surface area contributed by atoms with Crippen LogP contribution in [0.3, 0.4) is 0 Å². The molecule has 0 aromatic heterocycles. The van der Waals surface area contributed by atoms with E-state index in [2.05, 4.69) is 5.32 Å². The number of amides is 2. The topological polar surface area (TPSA) is 84.9 Å². The summed E-state index contributed by atoms with van der Waals surface area (Å²) >= 11 is 0. The van der Waals surface area contributed by atoms with Gasteiger partial charge in [0.2, 0.25) is 0 Å². The first kappa shape index (κ1) is 26.2. The molecule has 2 aromatic carbocycles. The van der Waals surface area contributed by atoms with Crippen molar-refractivity contribution < 1.29 is 23.9 Å². The predicted molar refractivity (Wildman–Crippen MR) is 141 cm³/mol. The minimum absolute atomic E-state index is 0.110. The van der Waals surface area contributed by atoms with Crippen LogP contribution < -0.4 is 10.1 Å². The molecule has 194 valence electrons. The highest BCUT2D eigenvalue weighted by molar-refractivity contribution is 6.16. The number of nitrogens with zero attached hydrogens (tertiary/aromatic N) is 1. The number of ether oxygens (including phenoxy) is 2. The molecule has 0 unspecified atom stereocenters. The lowest BCUT2D eigenvalue weighted by molar-refractivity contribution is -0.136. The monoisotopic (exact) mass is 502 g/mol. The van der Waals surface area contributed by atoms with Gasteiger partial charge in [-0.05, 0) is 56.0 Å². The van der Waals surface area contributed by atoms with Crippen LogP contribution in [-0.2, 0) is 19.1 Å². The highest BCUT2D eigenvalue weighted by Crippen LogP contribution is 2.37. The van der Waals surface area contributed by atoms with Crippen LogP contribution in [0.25, 0.3) is 6.08 Å². The molecule has 2 amide bonds. The highest BCUT2D eigenvalue weighted by atomic mass is 16.5. The first-order chi connectivity index (χ1) is 17.9. The molecule has 1 fully saturated rings. The summed E-state index contributed by atoms with van der Waals surface area (Å²) in [5.41, 5.74) is 3.09. The van der Waals surface area contributed by atoms with Gasteiger partial charge >= 0.3 is 5.97 Å². The van der Waals surface area contributed by atoms with Crippen LogP contribution in [0.5, 0.6) is 5.75 Å². The van der Waals surface area contributed by atoms with Gasteiger partial charge in [0.15, 0.2) is 6.61 Å². The number of methoxy groups -OCH3 is 1. The van der Waals surface area contributed by atoms with Crippen molar-refractivity contribution in [3.05, 3.63) is 82.6 Å². The predicted octanol–water partition coefficient (Wildman–Crippen LogP) is 4.95. The van der Waals surface area contributed by atoms with Gasteiger partial charge in [0, 0.05) is 11.7 Å². The Kier molecular flexibility index (Phi) is 8.43. The highest BCUT2D eigenvalue weighted by Gasteiger charge is 2.40. The van der Waals surface area contributed by atoms with Gasteiger partial charge in [0.05, 0.1) is 24.3 Å². The van der Waals surface area contributed by atoms with Crippen molar-refractivity contribution in [1.82, 2.24) is 10.2 Å². The van der Waals surface area contributed by atoms with E-state index < -0.39 is 5.97 Å². The van der Waals surface area contributed by atoms with E-state index >= 15 is 0 Å². The quantitative estimate of drug-likeness (QED) is 0.408. The van der Waals surface area contributed by atoms with Gasteiger partial charge in [-0.25, -0.2) is 4.79 Å². The largest absolute Gasteiger partial charge is 0.484 e. The first-order valence-electron chi connectivity index (χ1n) is 12.8. The van der Waals surface area contributed by atoms with Crippen LogP contribution in [0.1, 0.15) is 63.1 Å². The Labute approximate surface area is 218 Å². The number of allylic oxidation sites excluding steroid dienone is 1. The molecule has 2 aromatic rings. The van der Waals surface area contributed by atoms with E-state index in [0.29, 0.717) is 22.6 Å². The molecule has 2 aliphatic rings. The number of carbonyl (C=O) groups excluding carboxylic acids is 3. The van der Waals surface area contributed by atoms with E-state index in [1.165, 1.54) is 13.5 Å². The molecule has 1 saturated carbocycles. The van der Waals surface area contributed by atoms with Gasteiger partial charge in [0.25, 0.3) is 11.8 Å². The van der Waals surface area contributed by atoms with E-state index in [-0.39, 0.29) is 30.5 Å². The fraction of sp³-hybridized carbons (Fsp3) is 0.367. The number of benzene rings is 2. The Morgan fingerprint density at radius 3 is 2.38 bits per heavy atom. The Hall–Kier alpha value is -3.87. The molecule has 1 atom stereocenters. The van der Waals surface area contributed by atoms with Crippen molar-refractivity contribution in [2.45, 2.75) is 58.0 Å². The molecule has 0 spiro atoms. The van der Waals surface area contributed by atoms with Gasteiger partial charge < -0.3 is 19.7 Å². The molecule has 0 bridgehead atoms. The molecular weight excluding hydrogens is 468 g/mol. The lowest BCUT2D eigenvalue weighted by atomic mass is 9.94. The third-order valence-corrected chi connectivity index (χ3v) is 7.01. The summed E-state index contributed by atoms with van der Waals surface area (Å²) in [6.07, 6.45) is 6.94. The van der Waals surface area contributed by atoms with E-state index in [1.54, 1.807) is 35.2 Å². The Balaban J connectivity index is 1.43. The lowest BCUT2D eigenvalue weighted by Crippen LogP contribution is -2.37. The third-order valence-electron chi connectivity index (χ3n) is 7.01. The van der Waals surface area contributed by atoms with Crippen molar-refractivity contribution in [2.24, 2.45) is 0 Å². The molecule has 7 nitrogen and oxygen atoms in total. The first-order valence-corrected chi connectivity index (χ1v) is 12.8. The average Bonchev–Trinajstić information content (AvgIpc) is 3.17. The molecule has 1 N–H and O–H groups in total. The van der Waals surface area contributed by atoms with Crippen molar-refractivity contribution in [3.63, 3.8) is 0 Å². The maximum atomic E-state index is 13.4. The Bertz CT molecular complexity index is 1190. The van der Waals surface area contributed by atoms with Crippen LogP contribution in [0.15, 0.2) is 71.4 Å². The van der Waals surface area contributed by atoms with Gasteiger partial charge in [0.1, 0.15) is 5.75 Å². The van der Waals surface area contributed by atoms with Crippen molar-refractivity contribution in [1.29, 1.82) is 0 Å². The lowest BCUT2D eigenvalue weighted by Gasteiger charge is -2.32. The summed E-state index contributed by atoms with van der Waals surface area (Å²) in [7, 11) is 1.33. The molecular formula is C30H34N2O5. The molecule has 1 aliphatic carbocycles. The van der Waals surface area contributed by atoms with Crippen LogP contribution in [0, 0.1) is 0 Å². The van der Waals surface area contributed by atoms with Crippen LogP contribution in [0.2, 0.25) is 0 Å². The molecule has 1 aliphatic heterocycles. The summed E-state index contributed by atoms with van der Waals surface area (Å²) in [5, 5.41) is 2.92. The minimum Gasteiger partial charge on any atom is -0.484 e. The van der Waals surface area contributed by atoms with Gasteiger partial charge in [-0.2, -0.15) is 0 Å². The number of nitrogens with one attached hydrogen (secondary N) is 1. The van der Waals surface area contributed by atoms with Crippen molar-refractivity contribution in [3.8, 4) is 5.75 Å². The summed E-state index contributed by atoms with van der Waals surface area (Å²) in [6.45, 7) is 3.63. The summed E-state index contributed by atoms with van der Waals surface area (Å²) in [4.78, 5) is 40.1. The minimum atomic E-state index is -0.508. The summed E-state index contributed by atoms with van der Waals surface area (Å²) in [5.74, 6) is -0.350. The van der Waals surface area contributed by atoms with Crippen molar-refractivity contribution >= 4 is 23.9 Å². The van der Waals surface area contributed by atoms with Gasteiger partial charge in [-0.1, -0.05) is 61.7 Å². The van der Waals surface area contributed by atoms with E-state index in [0.717, 1.165) is 36.8 Å². The number of hydrogen-bond acceptors (Lipinski definition) is 5. The normalized spacial score (nSPS) is 18.2. The van der Waals surface area contributed by atoms with Crippen LogP contribution in [-0.4, -0.2) is 42.4 Å². The number of hydrogen-bond donors (Lipinski definition) is 1. The summed E-state index contributed by atoms with van der Waals surface area (Å²) < 4.78 is 10.7. The number of esters is 1. The number of carbonyl (C=O) groups is 3. The Morgan fingerprint density at radius 1 is 1.05 bits per heavy atom.